The molecule has 0 bridgehead atoms. The molecule has 0 spiro atoms. The number of esters is 2. The minimum Gasteiger partial charge on any atom is -0.463 e. The third-order valence-corrected chi connectivity index (χ3v) is 4.53. The molecule has 0 saturated heterocycles. The molecule has 0 aliphatic heterocycles. The number of ether oxygens (including phenoxy) is 2. The van der Waals surface area contributed by atoms with Gasteiger partial charge in [-0.15, -0.1) is 0 Å². The minimum absolute atomic E-state index is 0.0106. The Labute approximate surface area is 167 Å². The molecular formula is C24H30O4. The maximum atomic E-state index is 12.4. The molecule has 0 saturated carbocycles. The van der Waals surface area contributed by atoms with Gasteiger partial charge in [0.05, 0.1) is 18.9 Å². The summed E-state index contributed by atoms with van der Waals surface area (Å²) in [6, 6.07) is 19.2. The van der Waals surface area contributed by atoms with E-state index in [0.717, 1.165) is 36.8 Å². The van der Waals surface area contributed by atoms with E-state index >= 15 is 0 Å². The van der Waals surface area contributed by atoms with Gasteiger partial charge in [-0.2, -0.15) is 0 Å². The summed E-state index contributed by atoms with van der Waals surface area (Å²) in [7, 11) is 0. The van der Waals surface area contributed by atoms with Crippen LogP contribution in [-0.4, -0.2) is 18.0 Å². The fourth-order valence-corrected chi connectivity index (χ4v) is 3.00. The van der Waals surface area contributed by atoms with Gasteiger partial charge in [-0.1, -0.05) is 80.4 Å². The number of carbonyl (C=O) groups excluding carboxylic acids is 2. The second kappa shape index (κ2) is 12.0. The second-order valence-corrected chi connectivity index (χ2v) is 6.99. The molecule has 0 aromatic heterocycles. The van der Waals surface area contributed by atoms with Crippen molar-refractivity contribution >= 4 is 11.9 Å². The third-order valence-electron chi connectivity index (χ3n) is 4.53. The number of hydrogen-bond donors (Lipinski definition) is 0. The van der Waals surface area contributed by atoms with Crippen molar-refractivity contribution in [2.75, 3.05) is 0 Å². The summed E-state index contributed by atoms with van der Waals surface area (Å²) >= 11 is 0. The van der Waals surface area contributed by atoms with Crippen LogP contribution in [0.3, 0.4) is 0 Å². The number of unbranched alkanes of at least 4 members (excludes halogenated alkanes) is 2. The lowest BCUT2D eigenvalue weighted by atomic mass is 10.0. The van der Waals surface area contributed by atoms with Crippen LogP contribution in [0.1, 0.15) is 69.6 Å². The van der Waals surface area contributed by atoms with Crippen molar-refractivity contribution in [2.24, 2.45) is 0 Å². The lowest BCUT2D eigenvalue weighted by molar-refractivity contribution is -0.155. The lowest BCUT2D eigenvalue weighted by Crippen LogP contribution is -2.18. The van der Waals surface area contributed by atoms with E-state index < -0.39 is 12.1 Å². The molecule has 0 aliphatic rings. The topological polar surface area (TPSA) is 52.6 Å². The molecule has 0 N–H and O–H groups in total. The van der Waals surface area contributed by atoms with Crippen molar-refractivity contribution in [3.63, 3.8) is 0 Å². The summed E-state index contributed by atoms with van der Waals surface area (Å²) in [5, 5.41) is 0. The zero-order valence-electron chi connectivity index (χ0n) is 16.8. The van der Waals surface area contributed by atoms with Gasteiger partial charge in [-0.05, 0) is 30.9 Å². The summed E-state index contributed by atoms with van der Waals surface area (Å²) in [4.78, 5) is 24.4. The molecular weight excluding hydrogens is 352 g/mol. The summed E-state index contributed by atoms with van der Waals surface area (Å²) in [6.07, 6.45) is 3.61. The molecule has 28 heavy (non-hydrogen) atoms. The van der Waals surface area contributed by atoms with Crippen LogP contribution in [0.15, 0.2) is 60.7 Å². The molecule has 0 radical (unpaired) electrons. The van der Waals surface area contributed by atoms with Gasteiger partial charge in [0.15, 0.2) is 6.10 Å². The van der Waals surface area contributed by atoms with E-state index in [2.05, 4.69) is 6.92 Å². The van der Waals surface area contributed by atoms with Crippen LogP contribution in [0.2, 0.25) is 0 Å². The SMILES string of the molecule is CCCCCC(C)OC(=O)CCC(=O)OC(c1ccccc1)c1ccccc1. The van der Waals surface area contributed by atoms with E-state index in [-0.39, 0.29) is 24.9 Å². The van der Waals surface area contributed by atoms with E-state index in [4.69, 9.17) is 9.47 Å². The average Bonchev–Trinajstić information content (AvgIpc) is 2.72. The first-order valence-corrected chi connectivity index (χ1v) is 10.1. The van der Waals surface area contributed by atoms with Gasteiger partial charge in [0.1, 0.15) is 0 Å². The first-order valence-electron chi connectivity index (χ1n) is 10.1. The van der Waals surface area contributed by atoms with Gasteiger partial charge in [0, 0.05) is 0 Å². The first-order chi connectivity index (χ1) is 13.6. The maximum Gasteiger partial charge on any atom is 0.307 e. The van der Waals surface area contributed by atoms with Crippen molar-refractivity contribution in [1.82, 2.24) is 0 Å². The normalized spacial score (nSPS) is 11.8. The zero-order chi connectivity index (χ0) is 20.2. The largest absolute Gasteiger partial charge is 0.463 e. The molecule has 0 aliphatic carbocycles. The Morgan fingerprint density at radius 1 is 0.786 bits per heavy atom. The number of rotatable bonds is 11. The molecule has 150 valence electrons. The fraction of sp³-hybridized carbons (Fsp3) is 0.417. The summed E-state index contributed by atoms with van der Waals surface area (Å²) in [5.74, 6) is -0.759. The highest BCUT2D eigenvalue weighted by Gasteiger charge is 2.20. The quantitative estimate of drug-likeness (QED) is 0.374. The van der Waals surface area contributed by atoms with Crippen molar-refractivity contribution < 1.29 is 19.1 Å². The van der Waals surface area contributed by atoms with Crippen LogP contribution >= 0.6 is 0 Å². The van der Waals surface area contributed by atoms with Gasteiger partial charge in [-0.3, -0.25) is 9.59 Å². The van der Waals surface area contributed by atoms with E-state index in [1.165, 1.54) is 0 Å². The molecule has 2 rings (SSSR count). The smallest absolute Gasteiger partial charge is 0.307 e. The Balaban J connectivity index is 1.87. The predicted octanol–water partition coefficient (Wildman–Crippen LogP) is 5.61. The van der Waals surface area contributed by atoms with E-state index in [1.54, 1.807) is 0 Å². The highest BCUT2D eigenvalue weighted by Crippen LogP contribution is 2.26. The minimum atomic E-state index is -0.487. The Bertz CT molecular complexity index is 672. The van der Waals surface area contributed by atoms with E-state index in [9.17, 15) is 9.59 Å². The first kappa shape index (κ1) is 21.7. The molecule has 4 heteroatoms. The van der Waals surface area contributed by atoms with Crippen LogP contribution in [0, 0.1) is 0 Å². The molecule has 0 heterocycles. The third kappa shape index (κ3) is 7.55. The van der Waals surface area contributed by atoms with Crippen molar-refractivity contribution in [3.05, 3.63) is 71.8 Å². The van der Waals surface area contributed by atoms with Gasteiger partial charge in [-0.25, -0.2) is 0 Å². The summed E-state index contributed by atoms with van der Waals surface area (Å²) < 4.78 is 11.1. The van der Waals surface area contributed by atoms with Gasteiger partial charge >= 0.3 is 11.9 Å². The van der Waals surface area contributed by atoms with E-state index in [0.29, 0.717) is 0 Å². The molecule has 2 aromatic carbocycles. The number of carbonyl (C=O) groups is 2. The van der Waals surface area contributed by atoms with Gasteiger partial charge in [0.25, 0.3) is 0 Å². The van der Waals surface area contributed by atoms with E-state index in [1.807, 2.05) is 67.6 Å². The molecule has 1 atom stereocenters. The second-order valence-electron chi connectivity index (χ2n) is 6.99. The molecule has 1 unspecified atom stereocenters. The Hall–Kier alpha value is -2.62. The molecule has 0 fully saturated rings. The Morgan fingerprint density at radius 3 is 1.79 bits per heavy atom. The predicted molar refractivity (Wildman–Crippen MR) is 110 cm³/mol. The van der Waals surface area contributed by atoms with Crippen LogP contribution in [0.5, 0.6) is 0 Å². The standard InChI is InChI=1S/C24H30O4/c1-3-4-7-12-19(2)27-22(25)17-18-23(26)28-24(20-13-8-5-9-14-20)21-15-10-6-11-16-21/h5-6,8-11,13-16,19,24H,3-4,7,12,17-18H2,1-2H3. The van der Waals surface area contributed by atoms with Crippen molar-refractivity contribution in [3.8, 4) is 0 Å². The van der Waals surface area contributed by atoms with Crippen LogP contribution < -0.4 is 0 Å². The van der Waals surface area contributed by atoms with Crippen LogP contribution in [0.4, 0.5) is 0 Å². The van der Waals surface area contributed by atoms with Crippen molar-refractivity contribution in [1.29, 1.82) is 0 Å². The Morgan fingerprint density at radius 2 is 1.29 bits per heavy atom. The molecule has 4 nitrogen and oxygen atoms in total. The number of hydrogen-bond acceptors (Lipinski definition) is 4. The maximum absolute atomic E-state index is 12.4. The Kier molecular flexibility index (Phi) is 9.26. The highest BCUT2D eigenvalue weighted by atomic mass is 16.5. The van der Waals surface area contributed by atoms with Gasteiger partial charge in [0.2, 0.25) is 0 Å². The lowest BCUT2D eigenvalue weighted by Gasteiger charge is -2.19. The summed E-state index contributed by atoms with van der Waals surface area (Å²) in [5.41, 5.74) is 1.79. The number of benzene rings is 2. The van der Waals surface area contributed by atoms with Crippen molar-refractivity contribution in [2.45, 2.75) is 64.6 Å². The summed E-state index contributed by atoms with van der Waals surface area (Å²) in [6.45, 7) is 4.03. The molecule has 0 amide bonds. The average molecular weight is 382 g/mol. The highest BCUT2D eigenvalue weighted by molar-refractivity contribution is 5.78. The monoisotopic (exact) mass is 382 g/mol. The van der Waals surface area contributed by atoms with Gasteiger partial charge < -0.3 is 9.47 Å². The van der Waals surface area contributed by atoms with Crippen LogP contribution in [0.25, 0.3) is 0 Å². The van der Waals surface area contributed by atoms with Crippen LogP contribution in [-0.2, 0) is 19.1 Å². The zero-order valence-corrected chi connectivity index (χ0v) is 16.8. The fourth-order valence-electron chi connectivity index (χ4n) is 3.00. The molecule has 2 aromatic rings.